The smallest absolute Gasteiger partial charge is 0.273 e. The zero-order valence-electron chi connectivity index (χ0n) is 18.6. The zero-order valence-corrected chi connectivity index (χ0v) is 19.4. The van der Waals surface area contributed by atoms with Crippen LogP contribution in [0.25, 0.3) is 0 Å². The first kappa shape index (κ1) is 23.1. The lowest BCUT2D eigenvalue weighted by Gasteiger charge is -2.12. The fourth-order valence-corrected chi connectivity index (χ4v) is 4.32. The van der Waals surface area contributed by atoms with Crippen LogP contribution in [0.5, 0.6) is 17.2 Å². The van der Waals surface area contributed by atoms with E-state index in [1.165, 1.54) is 24.3 Å². The number of ether oxygens (including phenoxy) is 3. The van der Waals surface area contributed by atoms with Gasteiger partial charge in [-0.3, -0.25) is 9.52 Å². The molecule has 1 amide bonds. The van der Waals surface area contributed by atoms with E-state index in [2.05, 4.69) is 15.2 Å². The van der Waals surface area contributed by atoms with Crippen LogP contribution in [0.15, 0.2) is 76.7 Å². The fraction of sp³-hybridized carbons (Fsp3) is 0.167. The van der Waals surface area contributed by atoms with Gasteiger partial charge in [-0.05, 0) is 68.4 Å². The molecule has 0 unspecified atom stereocenters. The summed E-state index contributed by atoms with van der Waals surface area (Å²) in [4.78, 5) is 12.9. The van der Waals surface area contributed by atoms with E-state index in [0.29, 0.717) is 29.6 Å². The lowest BCUT2D eigenvalue weighted by atomic mass is 10.1. The quantitative estimate of drug-likeness (QED) is 0.374. The topological polar surface area (TPSA) is 115 Å². The Labute approximate surface area is 197 Å². The van der Waals surface area contributed by atoms with Crippen LogP contribution in [0, 0.1) is 0 Å². The molecule has 3 aromatic rings. The van der Waals surface area contributed by atoms with Crippen LogP contribution in [-0.2, 0) is 10.0 Å². The molecule has 4 rings (SSSR count). The first-order valence-electron chi connectivity index (χ1n) is 10.5. The Morgan fingerprint density at radius 3 is 2.53 bits per heavy atom. The molecular formula is C24H23N3O6S. The minimum absolute atomic E-state index is 0.0443. The Bertz CT molecular complexity index is 1340. The van der Waals surface area contributed by atoms with Gasteiger partial charge in [0.25, 0.3) is 15.9 Å². The fourth-order valence-electron chi connectivity index (χ4n) is 3.24. The summed E-state index contributed by atoms with van der Waals surface area (Å²) in [5.41, 5.74) is 4.02. The number of hydrazone groups is 1. The predicted octanol–water partition coefficient (Wildman–Crippen LogP) is 3.77. The number of sulfonamides is 1. The lowest BCUT2D eigenvalue weighted by molar-refractivity contribution is 0.0955. The van der Waals surface area contributed by atoms with E-state index in [1.54, 1.807) is 49.4 Å². The number of anilines is 1. The van der Waals surface area contributed by atoms with Gasteiger partial charge in [0.05, 0.1) is 28.5 Å². The van der Waals surface area contributed by atoms with Crippen molar-refractivity contribution in [2.75, 3.05) is 18.1 Å². The van der Waals surface area contributed by atoms with E-state index in [-0.39, 0.29) is 22.9 Å². The highest BCUT2D eigenvalue weighted by molar-refractivity contribution is 7.92. The Morgan fingerprint density at radius 1 is 1.03 bits per heavy atom. The van der Waals surface area contributed by atoms with Crippen molar-refractivity contribution in [3.05, 3.63) is 77.9 Å². The predicted molar refractivity (Wildman–Crippen MR) is 127 cm³/mol. The number of rotatable bonds is 8. The maximum absolute atomic E-state index is 12.9. The van der Waals surface area contributed by atoms with E-state index in [9.17, 15) is 13.2 Å². The average molecular weight is 482 g/mol. The van der Waals surface area contributed by atoms with E-state index in [1.807, 2.05) is 6.92 Å². The molecule has 0 aromatic heterocycles. The van der Waals surface area contributed by atoms with Crippen LogP contribution in [0.2, 0.25) is 0 Å². The second kappa shape index (κ2) is 9.84. The molecule has 34 heavy (non-hydrogen) atoms. The van der Waals surface area contributed by atoms with Gasteiger partial charge in [-0.25, -0.2) is 13.8 Å². The summed E-state index contributed by atoms with van der Waals surface area (Å²) in [5.74, 6) is 1.25. The van der Waals surface area contributed by atoms with Crippen molar-refractivity contribution in [2.45, 2.75) is 18.7 Å². The average Bonchev–Trinajstić information content (AvgIpc) is 3.31. The molecule has 176 valence electrons. The van der Waals surface area contributed by atoms with Crippen molar-refractivity contribution in [1.29, 1.82) is 0 Å². The maximum Gasteiger partial charge on any atom is 0.273 e. The van der Waals surface area contributed by atoms with Crippen LogP contribution < -0.4 is 24.4 Å². The minimum atomic E-state index is -3.93. The molecule has 9 nitrogen and oxygen atoms in total. The number of nitrogens with one attached hydrogen (secondary N) is 2. The van der Waals surface area contributed by atoms with E-state index in [4.69, 9.17) is 14.2 Å². The van der Waals surface area contributed by atoms with Crippen LogP contribution in [0.1, 0.15) is 29.8 Å². The van der Waals surface area contributed by atoms with Crippen molar-refractivity contribution in [3.8, 4) is 17.2 Å². The Morgan fingerprint density at radius 2 is 1.76 bits per heavy atom. The molecule has 0 aliphatic carbocycles. The van der Waals surface area contributed by atoms with Gasteiger partial charge in [-0.15, -0.1) is 0 Å². The number of carbonyl (C=O) groups excluding carboxylic acids is 1. The molecule has 0 radical (unpaired) electrons. The summed E-state index contributed by atoms with van der Waals surface area (Å²) in [6, 6.07) is 17.7. The first-order chi connectivity index (χ1) is 16.4. The van der Waals surface area contributed by atoms with Crippen LogP contribution in [0.3, 0.4) is 0 Å². The van der Waals surface area contributed by atoms with Crippen LogP contribution in [-0.4, -0.2) is 33.4 Å². The van der Waals surface area contributed by atoms with Crippen molar-refractivity contribution >= 4 is 27.3 Å². The maximum atomic E-state index is 12.9. The molecule has 10 heteroatoms. The number of para-hydroxylation sites is 1. The monoisotopic (exact) mass is 481 g/mol. The lowest BCUT2D eigenvalue weighted by Crippen LogP contribution is -2.22. The van der Waals surface area contributed by atoms with E-state index >= 15 is 0 Å². The van der Waals surface area contributed by atoms with Crippen LogP contribution in [0.4, 0.5) is 5.69 Å². The molecule has 2 N–H and O–H groups in total. The summed E-state index contributed by atoms with van der Waals surface area (Å²) >= 11 is 0. The van der Waals surface area contributed by atoms with Crippen LogP contribution >= 0.6 is 0 Å². The number of benzene rings is 3. The highest BCUT2D eigenvalue weighted by Gasteiger charge is 2.19. The molecule has 0 atom stereocenters. The summed E-state index contributed by atoms with van der Waals surface area (Å²) in [6.45, 7) is 4.21. The van der Waals surface area contributed by atoms with Gasteiger partial charge in [0.1, 0.15) is 5.75 Å². The largest absolute Gasteiger partial charge is 0.494 e. The minimum Gasteiger partial charge on any atom is -0.494 e. The summed E-state index contributed by atoms with van der Waals surface area (Å²) in [6.07, 6.45) is 0. The van der Waals surface area contributed by atoms with Gasteiger partial charge in [0, 0.05) is 5.56 Å². The van der Waals surface area contributed by atoms with Gasteiger partial charge >= 0.3 is 0 Å². The zero-order chi connectivity index (χ0) is 24.1. The van der Waals surface area contributed by atoms with Gasteiger partial charge in [-0.1, -0.05) is 12.1 Å². The summed E-state index contributed by atoms with van der Waals surface area (Å²) < 4.78 is 44.2. The molecule has 1 aliphatic heterocycles. The van der Waals surface area contributed by atoms with Gasteiger partial charge in [-0.2, -0.15) is 5.10 Å². The van der Waals surface area contributed by atoms with Gasteiger partial charge in [0.2, 0.25) is 6.79 Å². The number of fused-ring (bicyclic) bond motifs is 1. The normalized spacial score (nSPS) is 12.8. The van der Waals surface area contributed by atoms with Gasteiger partial charge < -0.3 is 14.2 Å². The molecule has 0 fully saturated rings. The number of amides is 1. The summed E-state index contributed by atoms with van der Waals surface area (Å²) in [7, 11) is -3.93. The number of hydrogen-bond donors (Lipinski definition) is 2. The molecule has 1 aliphatic rings. The van der Waals surface area contributed by atoms with Crippen molar-refractivity contribution in [2.24, 2.45) is 5.10 Å². The Hall–Kier alpha value is -4.05. The SMILES string of the molecule is CCOc1ccc(S(=O)(=O)Nc2ccccc2C(=O)N/N=C(/C)c2ccc3c(c2)OCO3)cc1. The second-order valence-electron chi connectivity index (χ2n) is 7.26. The molecular weight excluding hydrogens is 458 g/mol. The van der Waals surface area contributed by atoms with Crippen molar-refractivity contribution < 1.29 is 27.4 Å². The molecule has 0 saturated heterocycles. The number of hydrogen-bond acceptors (Lipinski definition) is 7. The molecule has 0 saturated carbocycles. The second-order valence-corrected chi connectivity index (χ2v) is 8.94. The third-order valence-corrected chi connectivity index (χ3v) is 6.36. The van der Waals surface area contributed by atoms with Gasteiger partial charge in [0.15, 0.2) is 11.5 Å². The van der Waals surface area contributed by atoms with Crippen molar-refractivity contribution in [3.63, 3.8) is 0 Å². The van der Waals surface area contributed by atoms with E-state index in [0.717, 1.165) is 5.56 Å². The standard InChI is InChI=1S/C24H23N3O6S/c1-3-31-18-9-11-19(12-10-18)34(29,30)27-21-7-5-4-6-20(21)24(28)26-25-16(2)17-8-13-22-23(14-17)33-15-32-22/h4-14,27H,3,15H2,1-2H3,(H,26,28)/b25-16-. The number of nitrogens with zero attached hydrogens (tertiary/aromatic N) is 1. The molecule has 0 bridgehead atoms. The third-order valence-electron chi connectivity index (χ3n) is 4.98. The highest BCUT2D eigenvalue weighted by Crippen LogP contribution is 2.32. The molecule has 3 aromatic carbocycles. The van der Waals surface area contributed by atoms with Crippen molar-refractivity contribution in [1.82, 2.24) is 5.43 Å². The Kier molecular flexibility index (Phi) is 6.69. The molecule has 0 spiro atoms. The number of carbonyl (C=O) groups is 1. The highest BCUT2D eigenvalue weighted by atomic mass is 32.2. The molecule has 1 heterocycles. The Balaban J connectivity index is 1.50. The van der Waals surface area contributed by atoms with E-state index < -0.39 is 15.9 Å². The first-order valence-corrected chi connectivity index (χ1v) is 11.9. The summed E-state index contributed by atoms with van der Waals surface area (Å²) in [5, 5.41) is 4.15. The third kappa shape index (κ3) is 5.12.